The molecule has 20 heavy (non-hydrogen) atoms. The molecule has 2 heteroatoms. The van der Waals surface area contributed by atoms with Crippen molar-refractivity contribution in [1.29, 1.82) is 0 Å². The van der Waals surface area contributed by atoms with Gasteiger partial charge < -0.3 is 9.64 Å². The average Bonchev–Trinajstić information content (AvgIpc) is 2.78. The maximum atomic E-state index is 6.44. The molecule has 2 aliphatic rings. The minimum atomic E-state index is 0.125. The highest BCUT2D eigenvalue weighted by Crippen LogP contribution is 2.51. The summed E-state index contributed by atoms with van der Waals surface area (Å²) in [5.74, 6) is 1.21. The summed E-state index contributed by atoms with van der Waals surface area (Å²) >= 11 is 0. The lowest BCUT2D eigenvalue weighted by atomic mass is 9.69. The second kappa shape index (κ2) is 5.87. The maximum absolute atomic E-state index is 6.44. The van der Waals surface area contributed by atoms with Gasteiger partial charge in [0.25, 0.3) is 0 Å². The fourth-order valence-corrected chi connectivity index (χ4v) is 4.36. The van der Waals surface area contributed by atoms with Gasteiger partial charge in [0, 0.05) is 18.4 Å². The first-order valence-corrected chi connectivity index (χ1v) is 8.05. The highest BCUT2D eigenvalue weighted by Gasteiger charge is 2.50. The lowest BCUT2D eigenvalue weighted by Crippen LogP contribution is -2.39. The quantitative estimate of drug-likeness (QED) is 0.833. The predicted octanol–water partition coefficient (Wildman–Crippen LogP) is 3.68. The Balaban J connectivity index is 1.91. The second-order valence-electron chi connectivity index (χ2n) is 6.85. The number of rotatable bonds is 3. The monoisotopic (exact) mass is 273 g/mol. The summed E-state index contributed by atoms with van der Waals surface area (Å²) in [4.78, 5) is 2.31. The van der Waals surface area contributed by atoms with Gasteiger partial charge in [0.15, 0.2) is 0 Å². The summed E-state index contributed by atoms with van der Waals surface area (Å²) in [6, 6.07) is 11.1. The average molecular weight is 273 g/mol. The highest BCUT2D eigenvalue weighted by atomic mass is 16.5. The molecule has 1 heterocycles. The lowest BCUT2D eigenvalue weighted by Gasteiger charge is -2.39. The van der Waals surface area contributed by atoms with Gasteiger partial charge in [0.2, 0.25) is 0 Å². The summed E-state index contributed by atoms with van der Waals surface area (Å²) in [6.07, 6.45) is 6.54. The molecule has 1 spiro atoms. The molecule has 2 fully saturated rings. The molecule has 1 saturated carbocycles. The van der Waals surface area contributed by atoms with Gasteiger partial charge >= 0.3 is 0 Å². The molecular formula is C18H27NO. The van der Waals surface area contributed by atoms with Crippen molar-refractivity contribution in [3.63, 3.8) is 0 Å². The third kappa shape index (κ3) is 2.64. The van der Waals surface area contributed by atoms with Gasteiger partial charge in [0.1, 0.15) is 0 Å². The van der Waals surface area contributed by atoms with Gasteiger partial charge in [-0.3, -0.25) is 0 Å². The van der Waals surface area contributed by atoms with Crippen LogP contribution in [-0.4, -0.2) is 37.7 Å². The van der Waals surface area contributed by atoms with E-state index >= 15 is 0 Å². The van der Waals surface area contributed by atoms with Crippen LogP contribution in [0.25, 0.3) is 0 Å². The molecule has 0 bridgehead atoms. The van der Waals surface area contributed by atoms with Gasteiger partial charge in [-0.1, -0.05) is 49.6 Å². The van der Waals surface area contributed by atoms with E-state index in [1.807, 2.05) is 0 Å². The van der Waals surface area contributed by atoms with Gasteiger partial charge in [-0.15, -0.1) is 0 Å². The third-order valence-electron chi connectivity index (χ3n) is 5.08. The minimum Gasteiger partial charge on any atom is -0.374 e. The molecule has 1 saturated heterocycles. The molecule has 0 N–H and O–H groups in total. The van der Waals surface area contributed by atoms with E-state index in [1.165, 1.54) is 37.7 Å². The van der Waals surface area contributed by atoms with E-state index in [1.54, 1.807) is 0 Å². The van der Waals surface area contributed by atoms with Crippen LogP contribution in [0.5, 0.6) is 0 Å². The molecule has 2 unspecified atom stereocenters. The molecule has 1 aliphatic carbocycles. The molecule has 3 rings (SSSR count). The number of hydrogen-bond acceptors (Lipinski definition) is 2. The molecule has 0 radical (unpaired) electrons. The van der Waals surface area contributed by atoms with Crippen LogP contribution in [0, 0.1) is 5.92 Å². The fraction of sp³-hybridized carbons (Fsp3) is 0.667. The maximum Gasteiger partial charge on any atom is 0.0754 e. The Labute approximate surface area is 123 Å². The van der Waals surface area contributed by atoms with Gasteiger partial charge in [-0.05, 0) is 32.5 Å². The van der Waals surface area contributed by atoms with Gasteiger partial charge in [0.05, 0.1) is 12.2 Å². The SMILES string of the molecule is CN(C)CC1COC2(CCCCC2)C1c1ccccc1. The fourth-order valence-electron chi connectivity index (χ4n) is 4.36. The number of benzene rings is 1. The molecule has 110 valence electrons. The highest BCUT2D eigenvalue weighted by molar-refractivity contribution is 5.26. The first-order valence-electron chi connectivity index (χ1n) is 8.05. The Morgan fingerprint density at radius 3 is 2.45 bits per heavy atom. The summed E-state index contributed by atoms with van der Waals surface area (Å²) in [5, 5.41) is 0. The lowest BCUT2D eigenvalue weighted by molar-refractivity contribution is -0.0341. The van der Waals surface area contributed by atoms with Crippen molar-refractivity contribution in [1.82, 2.24) is 4.90 Å². The Bertz CT molecular complexity index is 422. The van der Waals surface area contributed by atoms with E-state index in [9.17, 15) is 0 Å². The van der Waals surface area contributed by atoms with E-state index in [4.69, 9.17) is 4.74 Å². The number of ether oxygens (including phenoxy) is 1. The first-order chi connectivity index (χ1) is 9.71. The molecule has 0 amide bonds. The molecule has 2 atom stereocenters. The van der Waals surface area contributed by atoms with Crippen LogP contribution in [0.1, 0.15) is 43.6 Å². The minimum absolute atomic E-state index is 0.125. The third-order valence-corrected chi connectivity index (χ3v) is 5.08. The molecular weight excluding hydrogens is 246 g/mol. The molecule has 1 aromatic rings. The Hall–Kier alpha value is -0.860. The predicted molar refractivity (Wildman–Crippen MR) is 83.0 cm³/mol. The smallest absolute Gasteiger partial charge is 0.0754 e. The molecule has 0 aromatic heterocycles. The van der Waals surface area contributed by atoms with Gasteiger partial charge in [-0.25, -0.2) is 0 Å². The zero-order valence-electron chi connectivity index (χ0n) is 12.8. The standard InChI is InChI=1S/C18H27NO/c1-19(2)13-16-14-20-18(11-7-4-8-12-18)17(16)15-9-5-3-6-10-15/h3,5-6,9-10,16-17H,4,7-8,11-14H2,1-2H3. The van der Waals surface area contributed by atoms with E-state index < -0.39 is 0 Å². The largest absolute Gasteiger partial charge is 0.374 e. The van der Waals surface area contributed by atoms with Crippen LogP contribution >= 0.6 is 0 Å². The van der Waals surface area contributed by atoms with E-state index in [0.717, 1.165) is 13.2 Å². The summed E-state index contributed by atoms with van der Waals surface area (Å²) in [6.45, 7) is 2.05. The van der Waals surface area contributed by atoms with Crippen molar-refractivity contribution >= 4 is 0 Å². The molecule has 1 aromatic carbocycles. The van der Waals surface area contributed by atoms with E-state index in [2.05, 4.69) is 49.3 Å². The van der Waals surface area contributed by atoms with E-state index in [-0.39, 0.29) is 5.60 Å². The van der Waals surface area contributed by atoms with Crippen LogP contribution < -0.4 is 0 Å². The zero-order chi connectivity index (χ0) is 14.0. The Kier molecular flexibility index (Phi) is 4.13. The first kappa shape index (κ1) is 14.1. The van der Waals surface area contributed by atoms with Crippen LogP contribution in [0.2, 0.25) is 0 Å². The van der Waals surface area contributed by atoms with Crippen molar-refractivity contribution < 1.29 is 4.74 Å². The van der Waals surface area contributed by atoms with E-state index in [0.29, 0.717) is 11.8 Å². The second-order valence-corrected chi connectivity index (χ2v) is 6.85. The summed E-state index contributed by atoms with van der Waals surface area (Å²) in [7, 11) is 4.35. The van der Waals surface area contributed by atoms with Crippen LogP contribution in [0.3, 0.4) is 0 Å². The molecule has 1 aliphatic heterocycles. The topological polar surface area (TPSA) is 12.5 Å². The van der Waals surface area contributed by atoms with Crippen LogP contribution in [0.15, 0.2) is 30.3 Å². The summed E-state index contributed by atoms with van der Waals surface area (Å²) < 4.78 is 6.44. The van der Waals surface area contributed by atoms with Crippen molar-refractivity contribution in [2.24, 2.45) is 5.92 Å². The van der Waals surface area contributed by atoms with Crippen molar-refractivity contribution in [2.75, 3.05) is 27.2 Å². The van der Waals surface area contributed by atoms with Crippen molar-refractivity contribution in [2.45, 2.75) is 43.6 Å². The van der Waals surface area contributed by atoms with Crippen LogP contribution in [-0.2, 0) is 4.74 Å². The Morgan fingerprint density at radius 2 is 1.80 bits per heavy atom. The Morgan fingerprint density at radius 1 is 1.10 bits per heavy atom. The zero-order valence-corrected chi connectivity index (χ0v) is 12.8. The molecule has 2 nitrogen and oxygen atoms in total. The van der Waals surface area contributed by atoms with Gasteiger partial charge in [-0.2, -0.15) is 0 Å². The normalized spacial score (nSPS) is 29.1. The van der Waals surface area contributed by atoms with Crippen molar-refractivity contribution in [3.05, 3.63) is 35.9 Å². The van der Waals surface area contributed by atoms with Crippen molar-refractivity contribution in [3.8, 4) is 0 Å². The van der Waals surface area contributed by atoms with Crippen LogP contribution in [0.4, 0.5) is 0 Å². The number of nitrogens with zero attached hydrogens (tertiary/aromatic N) is 1. The number of hydrogen-bond donors (Lipinski definition) is 0. The summed E-state index contributed by atoms with van der Waals surface area (Å²) in [5.41, 5.74) is 1.61.